The van der Waals surface area contributed by atoms with Gasteiger partial charge in [0.15, 0.2) is 5.60 Å². The number of alkyl halides is 1. The minimum Gasteiger partial charge on any atom is -0.468 e. The Balaban J connectivity index is 2.81. The molecule has 2 atom stereocenters. The summed E-state index contributed by atoms with van der Waals surface area (Å²) < 4.78 is 7.60. The third-order valence-electron chi connectivity index (χ3n) is 3.09. The molecule has 17 heavy (non-hydrogen) atoms. The van der Waals surface area contributed by atoms with E-state index in [9.17, 15) is 14.7 Å². The Labute approximate surface area is 102 Å². The number of hydrogen-bond donors (Lipinski definition) is 1. The number of hydrogen-bond acceptors (Lipinski definition) is 4. The molecule has 2 rings (SSSR count). The van der Waals surface area contributed by atoms with Crippen molar-refractivity contribution < 1.29 is 9.84 Å². The smallest absolute Gasteiger partial charge is 0.333 e. The van der Waals surface area contributed by atoms with Crippen molar-refractivity contribution in [2.24, 2.45) is 14.1 Å². The van der Waals surface area contributed by atoms with Gasteiger partial charge in [0.25, 0.3) is 5.56 Å². The van der Waals surface area contributed by atoms with Crippen LogP contribution in [-0.2, 0) is 14.1 Å². The van der Waals surface area contributed by atoms with E-state index in [-0.39, 0.29) is 17.3 Å². The van der Waals surface area contributed by atoms with Gasteiger partial charge in [0.2, 0.25) is 5.88 Å². The Hall–Kier alpha value is -1.27. The molecule has 0 amide bonds. The number of ether oxygens (including phenoxy) is 1. The number of rotatable bonds is 1. The van der Waals surface area contributed by atoms with Crippen LogP contribution in [0.3, 0.4) is 0 Å². The number of halogens is 1. The zero-order valence-electron chi connectivity index (χ0n) is 9.73. The van der Waals surface area contributed by atoms with Crippen molar-refractivity contribution in [3.63, 3.8) is 0 Å². The lowest BCUT2D eigenvalue weighted by Crippen LogP contribution is -2.39. The number of aromatic nitrogens is 2. The van der Waals surface area contributed by atoms with E-state index >= 15 is 0 Å². The van der Waals surface area contributed by atoms with Crippen LogP contribution in [0.1, 0.15) is 18.6 Å². The van der Waals surface area contributed by atoms with Crippen LogP contribution in [0, 0.1) is 0 Å². The van der Waals surface area contributed by atoms with E-state index in [4.69, 9.17) is 16.3 Å². The molecule has 6 nitrogen and oxygen atoms in total. The molecule has 1 aromatic rings. The van der Waals surface area contributed by atoms with Crippen LogP contribution in [0.2, 0.25) is 0 Å². The van der Waals surface area contributed by atoms with E-state index in [2.05, 4.69) is 0 Å². The molecule has 0 saturated heterocycles. The molecule has 0 unspecified atom stereocenters. The predicted molar refractivity (Wildman–Crippen MR) is 61.6 cm³/mol. The first-order valence-electron chi connectivity index (χ1n) is 5.06. The molecule has 0 radical (unpaired) electrons. The van der Waals surface area contributed by atoms with E-state index in [1.54, 1.807) is 6.92 Å². The first-order chi connectivity index (χ1) is 7.83. The molecule has 0 fully saturated rings. The van der Waals surface area contributed by atoms with Crippen molar-refractivity contribution >= 4 is 11.6 Å². The van der Waals surface area contributed by atoms with E-state index in [0.717, 1.165) is 4.57 Å². The Morgan fingerprint density at radius 2 is 2.00 bits per heavy atom. The highest BCUT2D eigenvalue weighted by atomic mass is 35.5. The third kappa shape index (κ3) is 1.44. The van der Waals surface area contributed by atoms with E-state index in [0.29, 0.717) is 0 Å². The lowest BCUT2D eigenvalue weighted by Gasteiger charge is -2.24. The lowest BCUT2D eigenvalue weighted by molar-refractivity contribution is 0.0000259. The molecule has 0 saturated carbocycles. The van der Waals surface area contributed by atoms with Gasteiger partial charge in [-0.2, -0.15) is 0 Å². The SMILES string of the molecule is Cn1c2c(c(=O)n(C)c1=O)[C@@H](O)[C@](C)(CCl)O2. The van der Waals surface area contributed by atoms with Gasteiger partial charge in [-0.05, 0) is 6.92 Å². The van der Waals surface area contributed by atoms with Gasteiger partial charge in [0.1, 0.15) is 11.7 Å². The van der Waals surface area contributed by atoms with Gasteiger partial charge in [0.05, 0.1) is 5.88 Å². The summed E-state index contributed by atoms with van der Waals surface area (Å²) in [5.74, 6) is 0.106. The van der Waals surface area contributed by atoms with Gasteiger partial charge in [0, 0.05) is 14.1 Å². The maximum Gasteiger partial charge on any atom is 0.333 e. The second-order valence-corrected chi connectivity index (χ2v) is 4.64. The van der Waals surface area contributed by atoms with Crippen LogP contribution in [0.4, 0.5) is 0 Å². The molecule has 94 valence electrons. The molecule has 0 aliphatic carbocycles. The molecular weight excluding hydrogens is 248 g/mol. The highest BCUT2D eigenvalue weighted by molar-refractivity contribution is 6.18. The molecule has 7 heteroatoms. The average Bonchev–Trinajstić information content (AvgIpc) is 2.58. The van der Waals surface area contributed by atoms with Gasteiger partial charge >= 0.3 is 5.69 Å². The number of nitrogens with zero attached hydrogens (tertiary/aromatic N) is 2. The molecule has 1 aliphatic heterocycles. The van der Waals surface area contributed by atoms with E-state index in [1.807, 2.05) is 0 Å². The molecule has 1 aromatic heterocycles. The van der Waals surface area contributed by atoms with Gasteiger partial charge in [-0.25, -0.2) is 4.79 Å². The molecule has 2 heterocycles. The molecule has 0 spiro atoms. The minimum absolute atomic E-state index is 0.0141. The summed E-state index contributed by atoms with van der Waals surface area (Å²) in [7, 11) is 2.83. The standard InChI is InChI=1S/C10H13ClN2O4/c1-10(4-11)6(14)5-7(15)12(2)9(16)13(3)8(5)17-10/h6,14H,4H2,1-3H3/t6-,10+/m1/s1. The highest BCUT2D eigenvalue weighted by Crippen LogP contribution is 2.40. The van der Waals surface area contributed by atoms with Crippen molar-refractivity contribution in [3.8, 4) is 5.88 Å². The van der Waals surface area contributed by atoms with Crippen molar-refractivity contribution in [2.45, 2.75) is 18.6 Å². The average molecular weight is 261 g/mol. The minimum atomic E-state index is -1.14. The molecule has 1 N–H and O–H groups in total. The quantitative estimate of drug-likeness (QED) is 0.692. The summed E-state index contributed by atoms with van der Waals surface area (Å²) in [6.07, 6.45) is -1.14. The number of aliphatic hydroxyl groups excluding tert-OH is 1. The van der Waals surface area contributed by atoms with E-state index < -0.39 is 23.0 Å². The Morgan fingerprint density at radius 3 is 2.53 bits per heavy atom. The van der Waals surface area contributed by atoms with E-state index in [1.165, 1.54) is 18.7 Å². The highest BCUT2D eigenvalue weighted by Gasteiger charge is 2.47. The summed E-state index contributed by atoms with van der Waals surface area (Å²) in [6, 6.07) is 0. The fraction of sp³-hybridized carbons (Fsp3) is 0.600. The van der Waals surface area contributed by atoms with Crippen molar-refractivity contribution in [2.75, 3.05) is 5.88 Å². The Morgan fingerprint density at radius 1 is 1.41 bits per heavy atom. The molecule has 0 aromatic carbocycles. The summed E-state index contributed by atoms with van der Waals surface area (Å²) in [5.41, 5.74) is -2.05. The van der Waals surface area contributed by atoms with Crippen LogP contribution < -0.4 is 16.0 Å². The largest absolute Gasteiger partial charge is 0.468 e. The monoisotopic (exact) mass is 260 g/mol. The second-order valence-electron chi connectivity index (χ2n) is 4.38. The molecule has 1 aliphatic rings. The predicted octanol–water partition coefficient (Wildman–Crippen LogP) is -0.493. The summed E-state index contributed by atoms with van der Waals surface area (Å²) in [4.78, 5) is 23.6. The number of aliphatic hydroxyl groups is 1. The summed E-state index contributed by atoms with van der Waals surface area (Å²) >= 11 is 5.74. The van der Waals surface area contributed by atoms with Crippen LogP contribution in [0.25, 0.3) is 0 Å². The fourth-order valence-electron chi connectivity index (χ4n) is 1.89. The van der Waals surface area contributed by atoms with Gasteiger partial charge in [-0.15, -0.1) is 11.6 Å². The maximum absolute atomic E-state index is 11.9. The van der Waals surface area contributed by atoms with Gasteiger partial charge in [-0.1, -0.05) is 0 Å². The Bertz CT molecular complexity index is 591. The zero-order valence-corrected chi connectivity index (χ0v) is 10.5. The third-order valence-corrected chi connectivity index (χ3v) is 3.62. The fourth-order valence-corrected chi connectivity index (χ4v) is 2.09. The molecule has 0 bridgehead atoms. The van der Waals surface area contributed by atoms with Crippen LogP contribution in [-0.4, -0.2) is 25.7 Å². The topological polar surface area (TPSA) is 73.5 Å². The van der Waals surface area contributed by atoms with Crippen molar-refractivity contribution in [3.05, 3.63) is 26.4 Å². The van der Waals surface area contributed by atoms with Crippen LogP contribution in [0.5, 0.6) is 5.88 Å². The van der Waals surface area contributed by atoms with Crippen LogP contribution >= 0.6 is 11.6 Å². The van der Waals surface area contributed by atoms with Crippen molar-refractivity contribution in [1.82, 2.24) is 9.13 Å². The normalized spacial score (nSPS) is 26.8. The number of fused-ring (bicyclic) bond motifs is 1. The molecular formula is C10H13ClN2O4. The first kappa shape index (κ1) is 12.2. The maximum atomic E-state index is 11.9. The second kappa shape index (κ2) is 3.61. The summed E-state index contributed by atoms with van der Waals surface area (Å²) in [6.45, 7) is 1.59. The Kier molecular flexibility index (Phi) is 2.59. The van der Waals surface area contributed by atoms with Crippen LogP contribution in [0.15, 0.2) is 9.59 Å². The summed E-state index contributed by atoms with van der Waals surface area (Å²) in [5, 5.41) is 10.1. The van der Waals surface area contributed by atoms with Crippen molar-refractivity contribution in [1.29, 1.82) is 0 Å². The lowest BCUT2D eigenvalue weighted by atomic mass is 9.99. The van der Waals surface area contributed by atoms with Gasteiger partial charge in [-0.3, -0.25) is 13.9 Å². The zero-order chi connectivity index (χ0) is 13.0. The first-order valence-corrected chi connectivity index (χ1v) is 5.60. The van der Waals surface area contributed by atoms with Gasteiger partial charge < -0.3 is 9.84 Å².